The highest BCUT2D eigenvalue weighted by Gasteiger charge is 2.40. The van der Waals surface area contributed by atoms with E-state index < -0.39 is 12.0 Å². The van der Waals surface area contributed by atoms with Crippen molar-refractivity contribution in [1.82, 2.24) is 9.80 Å². The maximum Gasteiger partial charge on any atom is 0.326 e. The predicted octanol–water partition coefficient (Wildman–Crippen LogP) is 1.55. The Labute approximate surface area is 129 Å². The van der Waals surface area contributed by atoms with Gasteiger partial charge in [0.05, 0.1) is 5.25 Å². The van der Waals surface area contributed by atoms with E-state index in [4.69, 9.17) is 0 Å². The number of amides is 1. The van der Waals surface area contributed by atoms with Crippen LogP contribution in [0.4, 0.5) is 0 Å². The molecule has 1 saturated heterocycles. The van der Waals surface area contributed by atoms with Crippen LogP contribution in [-0.4, -0.2) is 64.8 Å². The lowest BCUT2D eigenvalue weighted by molar-refractivity contribution is -0.148. The van der Waals surface area contributed by atoms with Crippen LogP contribution in [0.5, 0.6) is 0 Å². The molecule has 3 rings (SSSR count). The summed E-state index contributed by atoms with van der Waals surface area (Å²) in [6.07, 6.45) is 4.29. The topological polar surface area (TPSA) is 60.9 Å². The molecule has 21 heavy (non-hydrogen) atoms. The lowest BCUT2D eigenvalue weighted by atomic mass is 10.1. The molecule has 0 spiro atoms. The van der Waals surface area contributed by atoms with E-state index in [1.165, 1.54) is 10.5 Å². The number of carbonyl (C=O) groups is 2. The van der Waals surface area contributed by atoms with Gasteiger partial charge in [-0.2, -0.15) is 0 Å². The molecule has 0 aromatic carbocycles. The number of carbonyl (C=O) groups excluding carboxylic acids is 1. The molecule has 3 aliphatic rings. The summed E-state index contributed by atoms with van der Waals surface area (Å²) in [5.74, 6) is -0.827. The number of thioether (sulfide) groups is 1. The third kappa shape index (κ3) is 2.97. The molecule has 5 nitrogen and oxygen atoms in total. The van der Waals surface area contributed by atoms with E-state index in [-0.39, 0.29) is 11.2 Å². The summed E-state index contributed by atoms with van der Waals surface area (Å²) < 4.78 is 0. The van der Waals surface area contributed by atoms with Gasteiger partial charge >= 0.3 is 5.97 Å². The first-order valence-corrected chi connectivity index (χ1v) is 8.53. The second-order valence-electron chi connectivity index (χ2n) is 6.17. The molecule has 0 aromatic rings. The van der Waals surface area contributed by atoms with E-state index in [2.05, 4.69) is 11.9 Å². The zero-order chi connectivity index (χ0) is 15.0. The average molecular weight is 310 g/mol. The van der Waals surface area contributed by atoms with Crippen LogP contribution >= 0.6 is 11.8 Å². The summed E-state index contributed by atoms with van der Waals surface area (Å²) in [6, 6.07) is -0.607. The van der Waals surface area contributed by atoms with Gasteiger partial charge in [-0.3, -0.25) is 4.79 Å². The van der Waals surface area contributed by atoms with Crippen LogP contribution in [0.15, 0.2) is 10.5 Å². The van der Waals surface area contributed by atoms with E-state index in [0.29, 0.717) is 13.0 Å². The SMILES string of the molecule is CN1CCC2=C(CC1)SC(C(=O)N1CCCC1C(=O)O)C2. The van der Waals surface area contributed by atoms with Gasteiger partial charge < -0.3 is 14.9 Å². The molecule has 0 saturated carbocycles. The Morgan fingerprint density at radius 2 is 2.00 bits per heavy atom. The van der Waals surface area contributed by atoms with Crippen molar-refractivity contribution >= 4 is 23.6 Å². The Hall–Kier alpha value is -1.01. The Balaban J connectivity index is 1.65. The zero-order valence-electron chi connectivity index (χ0n) is 12.4. The van der Waals surface area contributed by atoms with Gasteiger partial charge in [-0.25, -0.2) is 4.79 Å². The summed E-state index contributed by atoms with van der Waals surface area (Å²) in [5, 5.41) is 9.15. The van der Waals surface area contributed by atoms with Gasteiger partial charge in [0.15, 0.2) is 0 Å². The van der Waals surface area contributed by atoms with Crippen LogP contribution in [-0.2, 0) is 9.59 Å². The quantitative estimate of drug-likeness (QED) is 0.838. The molecule has 0 aromatic heterocycles. The van der Waals surface area contributed by atoms with E-state index in [1.807, 2.05) is 0 Å². The second-order valence-corrected chi connectivity index (χ2v) is 7.47. The molecule has 0 aliphatic carbocycles. The minimum Gasteiger partial charge on any atom is -0.480 e. The van der Waals surface area contributed by atoms with Crippen molar-refractivity contribution in [3.05, 3.63) is 10.5 Å². The third-order valence-electron chi connectivity index (χ3n) is 4.72. The third-order valence-corrected chi connectivity index (χ3v) is 6.15. The Kier molecular flexibility index (Phi) is 4.26. The molecule has 3 heterocycles. The standard InChI is InChI=1S/C15H22N2O3S/c1-16-7-4-10-9-13(21-12(10)5-8-16)14(18)17-6-2-3-11(17)15(19)20/h11,13H,2-9H2,1H3,(H,19,20). The van der Waals surface area contributed by atoms with Crippen molar-refractivity contribution in [3.8, 4) is 0 Å². The first-order valence-electron chi connectivity index (χ1n) is 7.65. The summed E-state index contributed by atoms with van der Waals surface area (Å²) in [6.45, 7) is 2.70. The molecule has 0 radical (unpaired) electrons. The number of likely N-dealkylation sites (tertiary alicyclic amines) is 1. The highest BCUT2D eigenvalue weighted by atomic mass is 32.2. The molecule has 2 atom stereocenters. The van der Waals surface area contributed by atoms with E-state index >= 15 is 0 Å². The molecular weight excluding hydrogens is 288 g/mol. The first-order chi connectivity index (χ1) is 10.1. The highest BCUT2D eigenvalue weighted by molar-refractivity contribution is 8.04. The smallest absolute Gasteiger partial charge is 0.326 e. The monoisotopic (exact) mass is 310 g/mol. The van der Waals surface area contributed by atoms with Crippen molar-refractivity contribution in [2.75, 3.05) is 26.7 Å². The summed E-state index contributed by atoms with van der Waals surface area (Å²) in [7, 11) is 2.14. The van der Waals surface area contributed by atoms with Gasteiger partial charge in [0, 0.05) is 19.6 Å². The largest absolute Gasteiger partial charge is 0.480 e. The fourth-order valence-electron chi connectivity index (χ4n) is 3.45. The van der Waals surface area contributed by atoms with E-state index in [0.717, 1.165) is 38.8 Å². The van der Waals surface area contributed by atoms with Gasteiger partial charge in [-0.15, -0.1) is 11.8 Å². The summed E-state index contributed by atoms with van der Waals surface area (Å²) >= 11 is 1.69. The molecule has 1 amide bonds. The lowest BCUT2D eigenvalue weighted by Crippen LogP contribution is -2.44. The Morgan fingerprint density at radius 3 is 2.76 bits per heavy atom. The van der Waals surface area contributed by atoms with E-state index in [1.54, 1.807) is 16.7 Å². The van der Waals surface area contributed by atoms with Crippen molar-refractivity contribution < 1.29 is 14.7 Å². The minimum atomic E-state index is -0.861. The van der Waals surface area contributed by atoms with Crippen molar-refractivity contribution in [2.45, 2.75) is 43.4 Å². The van der Waals surface area contributed by atoms with Gasteiger partial charge in [-0.05, 0) is 44.1 Å². The van der Waals surface area contributed by atoms with Crippen molar-refractivity contribution in [2.24, 2.45) is 0 Å². The number of rotatable bonds is 2. The van der Waals surface area contributed by atoms with Gasteiger partial charge in [0.2, 0.25) is 5.91 Å². The minimum absolute atomic E-state index is 0.0336. The van der Waals surface area contributed by atoms with Crippen LogP contribution in [0.2, 0.25) is 0 Å². The van der Waals surface area contributed by atoms with Crippen LogP contribution in [0.25, 0.3) is 0 Å². The Bertz CT molecular complexity index is 471. The molecule has 1 N–H and O–H groups in total. The fraction of sp³-hybridized carbons (Fsp3) is 0.733. The number of aliphatic carboxylic acids is 1. The second kappa shape index (κ2) is 6.01. The van der Waals surface area contributed by atoms with Gasteiger partial charge in [0.25, 0.3) is 0 Å². The van der Waals surface area contributed by atoms with Crippen molar-refractivity contribution in [1.29, 1.82) is 0 Å². The predicted molar refractivity (Wildman–Crippen MR) is 82.1 cm³/mol. The summed E-state index contributed by atoms with van der Waals surface area (Å²) in [5.41, 5.74) is 1.42. The zero-order valence-corrected chi connectivity index (χ0v) is 13.2. The number of nitrogens with zero attached hydrogens (tertiary/aromatic N) is 2. The van der Waals surface area contributed by atoms with Crippen LogP contribution in [0.1, 0.15) is 32.1 Å². The van der Waals surface area contributed by atoms with Crippen molar-refractivity contribution in [3.63, 3.8) is 0 Å². The molecule has 1 fully saturated rings. The fourth-order valence-corrected chi connectivity index (χ4v) is 4.88. The van der Waals surface area contributed by atoms with Crippen LogP contribution in [0, 0.1) is 0 Å². The number of carboxylic acid groups (broad SMARTS) is 1. The molecular formula is C15H22N2O3S. The van der Waals surface area contributed by atoms with Gasteiger partial charge in [-0.1, -0.05) is 5.57 Å². The maximum absolute atomic E-state index is 12.7. The molecule has 0 bridgehead atoms. The molecule has 3 aliphatic heterocycles. The molecule has 2 unspecified atom stereocenters. The van der Waals surface area contributed by atoms with Gasteiger partial charge in [0.1, 0.15) is 6.04 Å². The lowest BCUT2D eigenvalue weighted by Gasteiger charge is -2.25. The first kappa shape index (κ1) is 14.9. The molecule has 6 heteroatoms. The van der Waals surface area contributed by atoms with Crippen LogP contribution in [0.3, 0.4) is 0 Å². The normalized spacial score (nSPS) is 30.4. The number of carboxylic acids is 1. The highest BCUT2D eigenvalue weighted by Crippen LogP contribution is 2.43. The average Bonchev–Trinajstić information content (AvgIpc) is 3.06. The maximum atomic E-state index is 12.7. The van der Waals surface area contributed by atoms with E-state index in [9.17, 15) is 14.7 Å². The molecule has 116 valence electrons. The number of hydrogen-bond donors (Lipinski definition) is 1. The number of hydrogen-bond acceptors (Lipinski definition) is 4. The van der Waals surface area contributed by atoms with Crippen LogP contribution < -0.4 is 0 Å². The summed E-state index contributed by atoms with van der Waals surface area (Å²) in [4.78, 5) is 29.2. The Morgan fingerprint density at radius 1 is 1.24 bits per heavy atom.